The van der Waals surface area contributed by atoms with Crippen LogP contribution in [0.2, 0.25) is 0 Å². The molecule has 256 valence electrons. The van der Waals surface area contributed by atoms with Gasteiger partial charge in [0.2, 0.25) is 0 Å². The zero-order chi connectivity index (χ0) is 34.1. The monoisotopic (exact) mass is 692 g/mol. The van der Waals surface area contributed by atoms with Crippen molar-refractivity contribution in [1.82, 2.24) is 30.0 Å². The maximum atomic E-state index is 14.0. The fraction of sp³-hybridized carbons (Fsp3) is 0.452. The van der Waals surface area contributed by atoms with Gasteiger partial charge in [0.05, 0.1) is 49.1 Å². The van der Waals surface area contributed by atoms with Crippen LogP contribution in [-0.2, 0) is 23.7 Å². The van der Waals surface area contributed by atoms with Crippen molar-refractivity contribution in [2.75, 3.05) is 26.9 Å². The summed E-state index contributed by atoms with van der Waals surface area (Å²) in [5.74, 6) is -5.64. The number of rotatable bonds is 9. The van der Waals surface area contributed by atoms with Gasteiger partial charge < -0.3 is 24.1 Å². The van der Waals surface area contributed by atoms with Crippen LogP contribution in [0.4, 0.5) is 17.6 Å². The van der Waals surface area contributed by atoms with Crippen LogP contribution < -0.4 is 0 Å². The van der Waals surface area contributed by atoms with Gasteiger partial charge in [-0.05, 0) is 24.3 Å². The molecule has 2 aliphatic rings. The summed E-state index contributed by atoms with van der Waals surface area (Å²) in [5.41, 5.74) is 0.268. The summed E-state index contributed by atoms with van der Waals surface area (Å²) in [6.07, 6.45) is 0.719. The van der Waals surface area contributed by atoms with E-state index in [4.69, 9.17) is 18.9 Å². The zero-order valence-electron chi connectivity index (χ0n) is 26.0. The summed E-state index contributed by atoms with van der Waals surface area (Å²) >= 11 is 1.26. The molecular weight excluding hydrogens is 660 g/mol. The van der Waals surface area contributed by atoms with Gasteiger partial charge in [-0.1, -0.05) is 29.5 Å². The largest absolute Gasteiger partial charge is 0.463 e. The van der Waals surface area contributed by atoms with Crippen molar-refractivity contribution in [1.29, 1.82) is 0 Å². The average molecular weight is 693 g/mol. The molecule has 12 nitrogen and oxygen atoms in total. The predicted octanol–water partition coefficient (Wildman–Crippen LogP) is 3.97. The van der Waals surface area contributed by atoms with Gasteiger partial charge in [-0.15, -0.1) is 22.0 Å². The maximum Gasteiger partial charge on any atom is 0.302 e. The number of aliphatic hydroxyl groups is 1. The van der Waals surface area contributed by atoms with E-state index in [0.29, 0.717) is 11.3 Å². The molecule has 2 aromatic carbocycles. The van der Waals surface area contributed by atoms with Crippen LogP contribution in [0, 0.1) is 29.2 Å². The van der Waals surface area contributed by atoms with Crippen LogP contribution in [0.1, 0.15) is 25.9 Å². The number of benzene rings is 2. The van der Waals surface area contributed by atoms with E-state index in [1.807, 2.05) is 6.92 Å². The van der Waals surface area contributed by atoms with E-state index in [1.54, 1.807) is 18.3 Å². The van der Waals surface area contributed by atoms with Crippen LogP contribution in [0.15, 0.2) is 48.8 Å². The maximum absolute atomic E-state index is 14.0. The van der Waals surface area contributed by atoms with Crippen molar-refractivity contribution in [3.8, 4) is 22.5 Å². The number of carbonyl (C=O) groups is 1. The summed E-state index contributed by atoms with van der Waals surface area (Å²) in [6, 6.07) is 6.36. The third-order valence-electron chi connectivity index (χ3n) is 8.48. The summed E-state index contributed by atoms with van der Waals surface area (Å²) < 4.78 is 81.9. The van der Waals surface area contributed by atoms with Crippen molar-refractivity contribution in [3.63, 3.8) is 0 Å². The lowest BCUT2D eigenvalue weighted by molar-refractivity contribution is -0.172. The van der Waals surface area contributed by atoms with Gasteiger partial charge in [0.25, 0.3) is 0 Å². The fourth-order valence-corrected chi connectivity index (χ4v) is 7.44. The highest BCUT2D eigenvalue weighted by Gasteiger charge is 2.49. The molecule has 1 N–H and O–H groups in total. The van der Waals surface area contributed by atoms with E-state index >= 15 is 0 Å². The Kier molecular flexibility index (Phi) is 10.1. The molecule has 0 bridgehead atoms. The SMILES string of the molecule is COC1C(SC2COCC(n3cc(-c4cccc(F)c4)nn3)C2O)OC(COC(C)=O)C(C)C1n1cc(-c2cc(F)c(F)c(F)c2)nn1. The molecule has 0 spiro atoms. The number of ether oxygens (including phenoxy) is 4. The smallest absolute Gasteiger partial charge is 0.302 e. The van der Waals surface area contributed by atoms with E-state index < -0.39 is 70.3 Å². The molecule has 0 aliphatic carbocycles. The Morgan fingerprint density at radius 1 is 1.02 bits per heavy atom. The second-order valence-corrected chi connectivity index (χ2v) is 12.9. The van der Waals surface area contributed by atoms with Crippen LogP contribution >= 0.6 is 11.8 Å². The first-order valence-corrected chi connectivity index (χ1v) is 16.0. The van der Waals surface area contributed by atoms with E-state index in [-0.39, 0.29) is 37.0 Å². The minimum atomic E-state index is -1.59. The number of hydrogen-bond acceptors (Lipinski definition) is 11. The Bertz CT molecular complexity index is 1740. The average Bonchev–Trinajstić information content (AvgIpc) is 3.75. The lowest BCUT2D eigenvalue weighted by Crippen LogP contribution is -2.54. The molecule has 4 aromatic rings. The van der Waals surface area contributed by atoms with Gasteiger partial charge in [0.1, 0.15) is 41.4 Å². The Morgan fingerprint density at radius 2 is 1.71 bits per heavy atom. The molecule has 0 radical (unpaired) electrons. The number of thioether (sulfide) groups is 1. The molecule has 4 heterocycles. The highest BCUT2D eigenvalue weighted by Crippen LogP contribution is 2.43. The van der Waals surface area contributed by atoms with Crippen molar-refractivity contribution >= 4 is 17.7 Å². The van der Waals surface area contributed by atoms with Crippen LogP contribution in [0.5, 0.6) is 0 Å². The lowest BCUT2D eigenvalue weighted by Gasteiger charge is -2.46. The summed E-state index contributed by atoms with van der Waals surface area (Å²) in [4.78, 5) is 11.7. The van der Waals surface area contributed by atoms with Crippen molar-refractivity contribution in [2.24, 2.45) is 5.92 Å². The third-order valence-corrected chi connectivity index (χ3v) is 9.89. The number of methoxy groups -OCH3 is 1. The quantitative estimate of drug-likeness (QED) is 0.155. The molecule has 8 unspecified atom stereocenters. The first-order chi connectivity index (χ1) is 23.0. The number of nitrogens with zero attached hydrogens (tertiary/aromatic N) is 6. The third kappa shape index (κ3) is 6.96. The van der Waals surface area contributed by atoms with Gasteiger partial charge in [-0.3, -0.25) is 4.79 Å². The lowest BCUT2D eigenvalue weighted by atomic mass is 9.89. The van der Waals surface area contributed by atoms with Gasteiger partial charge in [0, 0.05) is 31.1 Å². The van der Waals surface area contributed by atoms with Crippen molar-refractivity contribution < 1.29 is 46.4 Å². The molecule has 6 rings (SSSR count). The summed E-state index contributed by atoms with van der Waals surface area (Å²) in [7, 11) is 1.48. The van der Waals surface area contributed by atoms with Crippen LogP contribution in [-0.4, -0.2) is 97.0 Å². The van der Waals surface area contributed by atoms with Crippen molar-refractivity contribution in [3.05, 3.63) is 72.1 Å². The Hall–Kier alpha value is -3.90. The first kappa shape index (κ1) is 34.0. The molecule has 2 fully saturated rings. The molecular formula is C31H32F4N6O6S. The van der Waals surface area contributed by atoms with Crippen LogP contribution in [0.25, 0.3) is 22.5 Å². The molecule has 48 heavy (non-hydrogen) atoms. The normalized spacial score (nSPS) is 27.6. The molecule has 0 saturated carbocycles. The van der Waals surface area contributed by atoms with Gasteiger partial charge in [-0.2, -0.15) is 0 Å². The standard InChI is InChI=1S/C31H32F4N6O6S/c1-15-25(13-46-16(2)42)47-31(30(44-3)28(15)41-11-23(37-39-41)18-8-20(33)27(35)21(34)9-18)48-26-14-45-12-24(29(26)43)40-10-22(36-38-40)17-5-4-6-19(32)7-17/h4-11,15,24-26,28-31,43H,12-14H2,1-3H3. The van der Waals surface area contributed by atoms with E-state index in [2.05, 4.69) is 20.6 Å². The topological polar surface area (TPSA) is 136 Å². The van der Waals surface area contributed by atoms with Gasteiger partial charge in [-0.25, -0.2) is 26.9 Å². The predicted molar refractivity (Wildman–Crippen MR) is 162 cm³/mol. The minimum Gasteiger partial charge on any atom is -0.463 e. The van der Waals surface area contributed by atoms with Gasteiger partial charge >= 0.3 is 5.97 Å². The fourth-order valence-electron chi connectivity index (χ4n) is 5.95. The zero-order valence-corrected chi connectivity index (χ0v) is 26.8. The molecule has 17 heteroatoms. The Morgan fingerprint density at radius 3 is 2.40 bits per heavy atom. The molecule has 0 amide bonds. The van der Waals surface area contributed by atoms with E-state index in [1.165, 1.54) is 53.5 Å². The molecule has 2 aromatic heterocycles. The van der Waals surface area contributed by atoms with Crippen molar-refractivity contribution in [2.45, 2.75) is 54.9 Å². The Labute approximate surface area is 276 Å². The number of esters is 1. The number of hydrogen-bond donors (Lipinski definition) is 1. The Balaban J connectivity index is 1.25. The second-order valence-electron chi connectivity index (χ2n) is 11.6. The molecule has 8 atom stereocenters. The molecule has 2 aliphatic heterocycles. The highest BCUT2D eigenvalue weighted by atomic mass is 32.2. The first-order valence-electron chi connectivity index (χ1n) is 15.0. The summed E-state index contributed by atoms with van der Waals surface area (Å²) in [6.45, 7) is 3.34. The van der Waals surface area contributed by atoms with E-state index in [0.717, 1.165) is 12.1 Å². The van der Waals surface area contributed by atoms with E-state index in [9.17, 15) is 27.5 Å². The summed E-state index contributed by atoms with van der Waals surface area (Å²) in [5, 5.41) is 27.6. The number of aromatic nitrogens is 6. The highest BCUT2D eigenvalue weighted by molar-refractivity contribution is 8.00. The molecule has 2 saturated heterocycles. The number of carbonyl (C=O) groups excluding carboxylic acids is 1. The minimum absolute atomic E-state index is 0.0177. The number of halogens is 4. The second kappa shape index (κ2) is 14.3. The van der Waals surface area contributed by atoms with Gasteiger partial charge in [0.15, 0.2) is 17.5 Å². The number of aliphatic hydroxyl groups excluding tert-OH is 1. The van der Waals surface area contributed by atoms with Crippen LogP contribution in [0.3, 0.4) is 0 Å².